The molecule has 1 saturated heterocycles. The molecule has 5 rings (SSSR count). The van der Waals surface area contributed by atoms with Crippen molar-refractivity contribution < 1.29 is 17.5 Å². The van der Waals surface area contributed by atoms with Gasteiger partial charge in [0.05, 0.1) is 16.2 Å². The fourth-order valence-corrected chi connectivity index (χ4v) is 5.94. The summed E-state index contributed by atoms with van der Waals surface area (Å²) in [5.74, 6) is 0.306. The molecule has 1 fully saturated rings. The first-order valence-corrected chi connectivity index (χ1v) is 13.0. The van der Waals surface area contributed by atoms with Crippen LogP contribution >= 0.6 is 0 Å². The van der Waals surface area contributed by atoms with E-state index in [4.69, 9.17) is 9.72 Å². The lowest BCUT2D eigenvalue weighted by atomic mass is 10.1. The van der Waals surface area contributed by atoms with Crippen molar-refractivity contribution in [2.45, 2.75) is 44.0 Å². The van der Waals surface area contributed by atoms with Crippen LogP contribution in [0.3, 0.4) is 0 Å². The molecule has 2 aliphatic rings. The molecular formula is C25H27FN4O3S. The van der Waals surface area contributed by atoms with E-state index in [2.05, 4.69) is 9.88 Å². The van der Waals surface area contributed by atoms with Gasteiger partial charge in [0.2, 0.25) is 21.9 Å². The molecule has 0 spiro atoms. The van der Waals surface area contributed by atoms with Gasteiger partial charge in [-0.2, -0.15) is 9.29 Å². The molecular weight excluding hydrogens is 455 g/mol. The second kappa shape index (κ2) is 9.31. The van der Waals surface area contributed by atoms with Crippen molar-refractivity contribution in [2.24, 2.45) is 0 Å². The van der Waals surface area contributed by atoms with Crippen molar-refractivity contribution in [1.82, 2.24) is 14.3 Å². The molecule has 0 atom stereocenters. The summed E-state index contributed by atoms with van der Waals surface area (Å²) in [6.07, 6.45) is 3.72. The second-order valence-electron chi connectivity index (χ2n) is 8.74. The van der Waals surface area contributed by atoms with Crippen LogP contribution < -0.4 is 9.64 Å². The highest BCUT2D eigenvalue weighted by Gasteiger charge is 2.33. The molecule has 1 aromatic heterocycles. The molecule has 0 amide bonds. The number of hydrogen-bond donors (Lipinski definition) is 0. The van der Waals surface area contributed by atoms with Crippen LogP contribution in [-0.4, -0.2) is 42.3 Å². The Labute approximate surface area is 199 Å². The van der Waals surface area contributed by atoms with Crippen LogP contribution in [0.25, 0.3) is 0 Å². The van der Waals surface area contributed by atoms with Gasteiger partial charge in [0.1, 0.15) is 0 Å². The van der Waals surface area contributed by atoms with Gasteiger partial charge < -0.3 is 9.64 Å². The van der Waals surface area contributed by atoms with Gasteiger partial charge in [-0.05, 0) is 56.0 Å². The summed E-state index contributed by atoms with van der Waals surface area (Å²) in [7, 11) is -3.72. The molecule has 0 aliphatic carbocycles. The first-order chi connectivity index (χ1) is 16.4. The fourth-order valence-electron chi connectivity index (χ4n) is 4.43. The number of aromatic nitrogens is 2. The van der Waals surface area contributed by atoms with Gasteiger partial charge in [0.25, 0.3) is 0 Å². The largest absolute Gasteiger partial charge is 0.435 e. The van der Waals surface area contributed by atoms with Gasteiger partial charge in [-0.25, -0.2) is 17.8 Å². The van der Waals surface area contributed by atoms with Gasteiger partial charge in [0.15, 0.2) is 11.6 Å². The van der Waals surface area contributed by atoms with Crippen LogP contribution in [0.1, 0.15) is 36.1 Å². The SMILES string of the molecule is Cc1cccc(S(=O)(=O)N2CCc3nc(N4CCCCC4)nc(Oc4ccccc4F)c3C2)c1. The van der Waals surface area contributed by atoms with Crippen molar-refractivity contribution in [1.29, 1.82) is 0 Å². The highest BCUT2D eigenvalue weighted by molar-refractivity contribution is 7.89. The highest BCUT2D eigenvalue weighted by Crippen LogP contribution is 2.34. The Morgan fingerprint density at radius 1 is 0.971 bits per heavy atom. The van der Waals surface area contributed by atoms with Crippen LogP contribution in [0, 0.1) is 12.7 Å². The number of halogens is 1. The molecule has 2 aliphatic heterocycles. The van der Waals surface area contributed by atoms with Crippen molar-refractivity contribution in [2.75, 3.05) is 24.5 Å². The number of para-hydroxylation sites is 1. The van der Waals surface area contributed by atoms with Gasteiger partial charge in [0, 0.05) is 32.6 Å². The first kappa shape index (κ1) is 22.7. The summed E-state index contributed by atoms with van der Waals surface area (Å²) in [5, 5.41) is 0. The Bertz CT molecular complexity index is 1310. The summed E-state index contributed by atoms with van der Waals surface area (Å²) in [6, 6.07) is 13.0. The van der Waals surface area contributed by atoms with E-state index in [1.54, 1.807) is 30.3 Å². The zero-order chi connectivity index (χ0) is 23.7. The predicted octanol–water partition coefficient (Wildman–Crippen LogP) is 4.45. The average Bonchev–Trinajstić information content (AvgIpc) is 2.85. The zero-order valence-corrected chi connectivity index (χ0v) is 19.9. The van der Waals surface area contributed by atoms with Crippen LogP contribution in [0.5, 0.6) is 11.6 Å². The fraction of sp³-hybridized carbons (Fsp3) is 0.360. The van der Waals surface area contributed by atoms with E-state index in [1.807, 2.05) is 13.0 Å². The quantitative estimate of drug-likeness (QED) is 0.535. The highest BCUT2D eigenvalue weighted by atomic mass is 32.2. The number of nitrogens with zero attached hydrogens (tertiary/aromatic N) is 4. The van der Waals surface area contributed by atoms with Crippen LogP contribution in [0.2, 0.25) is 0 Å². The lowest BCUT2D eigenvalue weighted by molar-refractivity contribution is 0.363. The monoisotopic (exact) mass is 482 g/mol. The predicted molar refractivity (Wildman–Crippen MR) is 127 cm³/mol. The number of rotatable bonds is 5. The Hall–Kier alpha value is -3.04. The Morgan fingerprint density at radius 3 is 2.53 bits per heavy atom. The van der Waals surface area contributed by atoms with Gasteiger partial charge in [-0.15, -0.1) is 0 Å². The van der Waals surface area contributed by atoms with E-state index in [0.717, 1.165) is 37.2 Å². The van der Waals surface area contributed by atoms with Gasteiger partial charge >= 0.3 is 0 Å². The molecule has 34 heavy (non-hydrogen) atoms. The van der Waals surface area contributed by atoms with Crippen LogP contribution in [0.4, 0.5) is 10.3 Å². The molecule has 0 saturated carbocycles. The minimum absolute atomic E-state index is 0.0478. The number of fused-ring (bicyclic) bond motifs is 1. The summed E-state index contributed by atoms with van der Waals surface area (Å²) in [5.41, 5.74) is 2.20. The maximum Gasteiger partial charge on any atom is 0.243 e. The van der Waals surface area contributed by atoms with Crippen LogP contribution in [0.15, 0.2) is 53.4 Å². The summed E-state index contributed by atoms with van der Waals surface area (Å²) >= 11 is 0. The number of aryl methyl sites for hydroxylation is 1. The molecule has 0 N–H and O–H groups in total. The van der Waals surface area contributed by atoms with Gasteiger partial charge in [-0.3, -0.25) is 0 Å². The molecule has 3 aromatic rings. The van der Waals surface area contributed by atoms with E-state index in [1.165, 1.54) is 22.9 Å². The van der Waals surface area contributed by atoms with E-state index in [9.17, 15) is 12.8 Å². The number of ether oxygens (including phenoxy) is 1. The molecule has 0 unspecified atom stereocenters. The van der Waals surface area contributed by atoms with E-state index in [0.29, 0.717) is 24.5 Å². The standard InChI is InChI=1S/C25H27FN4O3S/c1-18-8-7-9-19(16-18)34(31,32)30-15-12-22-20(17-30)24(33-23-11-4-3-10-21(23)26)28-25(27-22)29-13-5-2-6-14-29/h3-4,7-11,16H,2,5-6,12-15,17H2,1H3. The molecule has 178 valence electrons. The lowest BCUT2D eigenvalue weighted by Crippen LogP contribution is -2.37. The van der Waals surface area contributed by atoms with Crippen molar-refractivity contribution in [3.05, 3.63) is 71.2 Å². The van der Waals surface area contributed by atoms with Gasteiger partial charge in [-0.1, -0.05) is 24.3 Å². The summed E-state index contributed by atoms with van der Waals surface area (Å²) in [6.45, 7) is 3.94. The van der Waals surface area contributed by atoms with E-state index in [-0.39, 0.29) is 23.1 Å². The first-order valence-electron chi connectivity index (χ1n) is 11.6. The molecule has 9 heteroatoms. The Morgan fingerprint density at radius 2 is 1.76 bits per heavy atom. The number of benzene rings is 2. The summed E-state index contributed by atoms with van der Waals surface area (Å²) in [4.78, 5) is 11.8. The molecule has 0 bridgehead atoms. The third-order valence-electron chi connectivity index (χ3n) is 6.28. The molecule has 7 nitrogen and oxygen atoms in total. The molecule has 3 heterocycles. The number of sulfonamides is 1. The molecule has 0 radical (unpaired) electrons. The van der Waals surface area contributed by atoms with E-state index < -0.39 is 15.8 Å². The third-order valence-corrected chi connectivity index (χ3v) is 8.13. The Balaban J connectivity index is 1.53. The minimum Gasteiger partial charge on any atom is -0.435 e. The van der Waals surface area contributed by atoms with E-state index >= 15 is 0 Å². The smallest absolute Gasteiger partial charge is 0.243 e. The molecule has 2 aromatic carbocycles. The normalized spacial score (nSPS) is 16.8. The third kappa shape index (κ3) is 4.50. The Kier molecular flexibility index (Phi) is 6.22. The summed E-state index contributed by atoms with van der Waals surface area (Å²) < 4.78 is 48.5. The van der Waals surface area contributed by atoms with Crippen LogP contribution in [-0.2, 0) is 23.0 Å². The lowest BCUT2D eigenvalue weighted by Gasteiger charge is -2.31. The maximum atomic E-state index is 14.4. The minimum atomic E-state index is -3.72. The second-order valence-corrected chi connectivity index (χ2v) is 10.7. The maximum absolute atomic E-state index is 14.4. The van der Waals surface area contributed by atoms with Crippen molar-refractivity contribution in [3.63, 3.8) is 0 Å². The number of piperidine rings is 1. The van der Waals surface area contributed by atoms with Crippen molar-refractivity contribution >= 4 is 16.0 Å². The average molecular weight is 483 g/mol. The number of anilines is 1. The topological polar surface area (TPSA) is 75.6 Å². The zero-order valence-electron chi connectivity index (χ0n) is 19.1. The van der Waals surface area contributed by atoms with Crippen molar-refractivity contribution in [3.8, 4) is 11.6 Å². The number of hydrogen-bond acceptors (Lipinski definition) is 6.